The largest absolute Gasteiger partial charge is 0.507 e. The van der Waals surface area contributed by atoms with Gasteiger partial charge in [0.15, 0.2) is 11.6 Å². The van der Waals surface area contributed by atoms with Gasteiger partial charge in [-0.05, 0) is 37.6 Å². The summed E-state index contributed by atoms with van der Waals surface area (Å²) < 4.78 is 0. The Morgan fingerprint density at radius 2 is 2.18 bits per heavy atom. The maximum Gasteiger partial charge on any atom is 0.165 e. The first kappa shape index (κ1) is 15.9. The summed E-state index contributed by atoms with van der Waals surface area (Å²) >= 11 is 0. The maximum absolute atomic E-state index is 11.5. The molecule has 22 heavy (non-hydrogen) atoms. The molecule has 2 rings (SSSR count). The van der Waals surface area contributed by atoms with Crippen molar-refractivity contribution in [3.63, 3.8) is 0 Å². The summed E-state index contributed by atoms with van der Waals surface area (Å²) in [6.07, 6.45) is 2.47. The number of hydrogen-bond donors (Lipinski definition) is 3. The van der Waals surface area contributed by atoms with Crippen molar-refractivity contribution >= 4 is 11.6 Å². The fourth-order valence-corrected chi connectivity index (χ4v) is 1.90. The Hall–Kier alpha value is -2.47. The molecule has 0 saturated heterocycles. The van der Waals surface area contributed by atoms with Gasteiger partial charge in [0.2, 0.25) is 0 Å². The second-order valence-corrected chi connectivity index (χ2v) is 5.10. The molecule has 4 N–H and O–H groups in total. The third kappa shape index (κ3) is 3.79. The Balaban J connectivity index is 2.29. The molecular weight excluding hydrogens is 280 g/mol. The lowest BCUT2D eigenvalue weighted by atomic mass is 10.1. The van der Waals surface area contributed by atoms with Crippen molar-refractivity contribution in [2.24, 2.45) is 5.73 Å². The molecule has 1 unspecified atom stereocenters. The zero-order chi connectivity index (χ0) is 16.1. The van der Waals surface area contributed by atoms with Gasteiger partial charge in [-0.15, -0.1) is 0 Å². The van der Waals surface area contributed by atoms with E-state index >= 15 is 0 Å². The normalized spacial score (nSPS) is 12.0. The van der Waals surface area contributed by atoms with E-state index in [1.54, 1.807) is 24.4 Å². The summed E-state index contributed by atoms with van der Waals surface area (Å²) in [5, 5.41) is 13.1. The van der Waals surface area contributed by atoms with Gasteiger partial charge in [0.25, 0.3) is 0 Å². The van der Waals surface area contributed by atoms with Gasteiger partial charge in [-0.1, -0.05) is 6.92 Å². The minimum absolute atomic E-state index is 0.0346. The van der Waals surface area contributed by atoms with Crippen molar-refractivity contribution in [3.05, 3.63) is 36.0 Å². The molecule has 0 amide bonds. The van der Waals surface area contributed by atoms with Crippen LogP contribution in [-0.2, 0) is 0 Å². The molecule has 1 aromatic carbocycles. The number of phenolic OH excluding ortho intramolecular Hbond substituents is 1. The lowest BCUT2D eigenvalue weighted by Gasteiger charge is -2.11. The van der Waals surface area contributed by atoms with Gasteiger partial charge in [-0.25, -0.2) is 9.97 Å². The molecular formula is C16H20N4O2. The van der Waals surface area contributed by atoms with Crippen LogP contribution in [0.4, 0.5) is 5.82 Å². The molecule has 0 spiro atoms. The number of ketones is 1. The fourth-order valence-electron chi connectivity index (χ4n) is 1.90. The number of benzene rings is 1. The van der Waals surface area contributed by atoms with E-state index in [1.807, 2.05) is 6.92 Å². The van der Waals surface area contributed by atoms with Crippen molar-refractivity contribution < 1.29 is 9.90 Å². The quantitative estimate of drug-likeness (QED) is 0.707. The van der Waals surface area contributed by atoms with Gasteiger partial charge in [0, 0.05) is 24.3 Å². The zero-order valence-electron chi connectivity index (χ0n) is 12.7. The summed E-state index contributed by atoms with van der Waals surface area (Å²) in [5.41, 5.74) is 6.79. The lowest BCUT2D eigenvalue weighted by Crippen LogP contribution is -2.28. The van der Waals surface area contributed by atoms with E-state index in [-0.39, 0.29) is 17.6 Å². The number of aromatic hydroxyl groups is 1. The number of carbonyl (C=O) groups excluding carboxylic acids is 1. The van der Waals surface area contributed by atoms with E-state index in [2.05, 4.69) is 15.3 Å². The molecule has 1 atom stereocenters. The van der Waals surface area contributed by atoms with E-state index in [4.69, 9.17) is 5.73 Å². The van der Waals surface area contributed by atoms with Crippen LogP contribution in [0.25, 0.3) is 11.4 Å². The van der Waals surface area contributed by atoms with Gasteiger partial charge < -0.3 is 16.2 Å². The number of phenols is 1. The average molecular weight is 300 g/mol. The molecule has 0 aliphatic heterocycles. The molecule has 6 nitrogen and oxygen atoms in total. The SMILES string of the molecule is CCC(N)CNc1ccnc(-c2cc(C(C)=O)ccc2O)n1. The third-order valence-corrected chi connectivity index (χ3v) is 3.37. The van der Waals surface area contributed by atoms with E-state index in [0.717, 1.165) is 6.42 Å². The van der Waals surface area contributed by atoms with Crippen LogP contribution in [0, 0.1) is 0 Å². The van der Waals surface area contributed by atoms with E-state index < -0.39 is 0 Å². The molecule has 116 valence electrons. The predicted molar refractivity (Wildman–Crippen MR) is 85.9 cm³/mol. The lowest BCUT2D eigenvalue weighted by molar-refractivity contribution is 0.101. The Bertz CT molecular complexity index is 673. The number of nitrogens with two attached hydrogens (primary N) is 1. The Labute approximate surface area is 129 Å². The molecule has 1 heterocycles. The standard InChI is InChI=1S/C16H20N4O2/c1-3-12(17)9-19-15-6-7-18-16(20-15)13-8-11(10(2)21)4-5-14(13)22/h4-8,12,22H,3,9,17H2,1-2H3,(H,18,19,20). The molecule has 0 aliphatic carbocycles. The number of Topliss-reactive ketones (excluding diaryl/α,β-unsaturated/α-hetero) is 1. The number of hydrogen-bond acceptors (Lipinski definition) is 6. The van der Waals surface area contributed by atoms with Crippen LogP contribution in [0.3, 0.4) is 0 Å². The van der Waals surface area contributed by atoms with Crippen LogP contribution in [0.5, 0.6) is 5.75 Å². The molecule has 6 heteroatoms. The second kappa shape index (κ2) is 7.00. The van der Waals surface area contributed by atoms with E-state index in [0.29, 0.717) is 29.3 Å². The van der Waals surface area contributed by atoms with Gasteiger partial charge in [-0.2, -0.15) is 0 Å². The summed E-state index contributed by atoms with van der Waals surface area (Å²) in [5.74, 6) is 0.939. The molecule has 0 bridgehead atoms. The van der Waals surface area contributed by atoms with Gasteiger partial charge in [0.1, 0.15) is 11.6 Å². The van der Waals surface area contributed by atoms with Crippen molar-refractivity contribution in [1.82, 2.24) is 9.97 Å². The number of carbonyl (C=O) groups is 1. The van der Waals surface area contributed by atoms with Gasteiger partial charge >= 0.3 is 0 Å². The molecule has 0 aliphatic rings. The van der Waals surface area contributed by atoms with Gasteiger partial charge in [0.05, 0.1) is 5.56 Å². The summed E-state index contributed by atoms with van der Waals surface area (Å²) in [6, 6.07) is 6.42. The van der Waals surface area contributed by atoms with Crippen molar-refractivity contribution in [1.29, 1.82) is 0 Å². The highest BCUT2D eigenvalue weighted by Crippen LogP contribution is 2.28. The van der Waals surface area contributed by atoms with Crippen LogP contribution in [0.15, 0.2) is 30.5 Å². The van der Waals surface area contributed by atoms with E-state index in [9.17, 15) is 9.90 Å². The molecule has 2 aromatic rings. The fraction of sp³-hybridized carbons (Fsp3) is 0.312. The predicted octanol–water partition coefficient (Wildman–Crippen LogP) is 2.20. The van der Waals surface area contributed by atoms with Crippen LogP contribution in [0.2, 0.25) is 0 Å². The topological polar surface area (TPSA) is 101 Å². The van der Waals surface area contributed by atoms with Gasteiger partial charge in [-0.3, -0.25) is 4.79 Å². The van der Waals surface area contributed by atoms with Crippen LogP contribution in [0.1, 0.15) is 30.6 Å². The average Bonchev–Trinajstić information content (AvgIpc) is 2.53. The summed E-state index contributed by atoms with van der Waals surface area (Å²) in [7, 11) is 0. The number of aromatic nitrogens is 2. The molecule has 0 radical (unpaired) electrons. The van der Waals surface area contributed by atoms with Crippen molar-refractivity contribution in [3.8, 4) is 17.1 Å². The maximum atomic E-state index is 11.5. The highest BCUT2D eigenvalue weighted by Gasteiger charge is 2.11. The van der Waals surface area contributed by atoms with Crippen LogP contribution in [-0.4, -0.2) is 33.4 Å². The highest BCUT2D eigenvalue weighted by molar-refractivity contribution is 5.95. The number of nitrogens with zero attached hydrogens (tertiary/aromatic N) is 2. The first-order valence-electron chi connectivity index (χ1n) is 7.18. The first-order valence-corrected chi connectivity index (χ1v) is 7.18. The monoisotopic (exact) mass is 300 g/mol. The number of anilines is 1. The molecule has 0 fully saturated rings. The Kier molecular flexibility index (Phi) is 5.06. The zero-order valence-corrected chi connectivity index (χ0v) is 12.7. The minimum Gasteiger partial charge on any atom is -0.507 e. The number of rotatable bonds is 6. The van der Waals surface area contributed by atoms with Crippen molar-refractivity contribution in [2.45, 2.75) is 26.3 Å². The minimum atomic E-state index is -0.0792. The smallest absolute Gasteiger partial charge is 0.165 e. The number of nitrogens with one attached hydrogen (secondary N) is 1. The first-order chi connectivity index (χ1) is 10.5. The third-order valence-electron chi connectivity index (χ3n) is 3.37. The van der Waals surface area contributed by atoms with E-state index in [1.165, 1.54) is 13.0 Å². The Morgan fingerprint density at radius 3 is 2.86 bits per heavy atom. The summed E-state index contributed by atoms with van der Waals surface area (Å²) in [4.78, 5) is 20.0. The van der Waals surface area contributed by atoms with Crippen LogP contribution < -0.4 is 11.1 Å². The summed E-state index contributed by atoms with van der Waals surface area (Å²) in [6.45, 7) is 4.09. The molecule has 0 saturated carbocycles. The highest BCUT2D eigenvalue weighted by atomic mass is 16.3. The van der Waals surface area contributed by atoms with Crippen molar-refractivity contribution in [2.75, 3.05) is 11.9 Å². The molecule has 1 aromatic heterocycles. The van der Waals surface area contributed by atoms with Crippen LogP contribution >= 0.6 is 0 Å². The second-order valence-electron chi connectivity index (χ2n) is 5.10. The Morgan fingerprint density at radius 1 is 1.41 bits per heavy atom.